The molecule has 5 heteroatoms. The summed E-state index contributed by atoms with van der Waals surface area (Å²) in [6.07, 6.45) is 0. The van der Waals surface area contributed by atoms with Crippen LogP contribution in [0, 0.1) is 32.1 Å². The Hall–Kier alpha value is -3.13. The molecule has 5 nitrogen and oxygen atoms in total. The summed E-state index contributed by atoms with van der Waals surface area (Å²) in [7, 11) is 1.58. The first-order valence-corrected chi connectivity index (χ1v) is 7.95. The molecule has 2 amide bonds. The molecule has 2 aromatic carbocycles. The largest absolute Gasteiger partial charge is 0.332 e. The molecule has 0 fully saturated rings. The molecule has 0 saturated heterocycles. The van der Waals surface area contributed by atoms with E-state index in [1.165, 1.54) is 4.90 Å². The summed E-state index contributed by atoms with van der Waals surface area (Å²) in [4.78, 5) is 26.0. The predicted molar refractivity (Wildman–Crippen MR) is 97.4 cm³/mol. The molecule has 0 aliphatic rings. The summed E-state index contributed by atoms with van der Waals surface area (Å²) >= 11 is 0. The Morgan fingerprint density at radius 3 is 2.16 bits per heavy atom. The van der Waals surface area contributed by atoms with Crippen LogP contribution in [-0.4, -0.2) is 30.3 Å². The Kier molecular flexibility index (Phi) is 5.56. The van der Waals surface area contributed by atoms with Crippen molar-refractivity contribution >= 4 is 17.5 Å². The van der Waals surface area contributed by atoms with Gasteiger partial charge in [-0.2, -0.15) is 5.26 Å². The molecule has 0 aliphatic carbocycles. The van der Waals surface area contributed by atoms with E-state index >= 15 is 0 Å². The number of nitrogens with zero attached hydrogens (tertiary/aromatic N) is 2. The molecule has 0 radical (unpaired) electrons. The van der Waals surface area contributed by atoms with Gasteiger partial charge in [0, 0.05) is 18.3 Å². The van der Waals surface area contributed by atoms with Crippen LogP contribution < -0.4 is 5.32 Å². The van der Waals surface area contributed by atoms with Gasteiger partial charge in [-0.15, -0.1) is 0 Å². The van der Waals surface area contributed by atoms with Crippen molar-refractivity contribution in [1.82, 2.24) is 4.90 Å². The minimum atomic E-state index is -0.267. The molecular weight excluding hydrogens is 314 g/mol. The number of hydrogen-bond donors (Lipinski definition) is 1. The number of aryl methyl sites for hydroxylation is 3. The molecule has 2 rings (SSSR count). The summed E-state index contributed by atoms with van der Waals surface area (Å²) in [5.41, 5.74) is 4.84. The van der Waals surface area contributed by atoms with Gasteiger partial charge in [0.05, 0.1) is 18.2 Å². The highest BCUT2D eigenvalue weighted by Gasteiger charge is 2.16. The normalized spacial score (nSPS) is 10.0. The Morgan fingerprint density at radius 2 is 1.64 bits per heavy atom. The number of amides is 2. The fourth-order valence-corrected chi connectivity index (χ4v) is 2.75. The third-order valence-corrected chi connectivity index (χ3v) is 3.93. The number of carbonyl (C=O) groups excluding carboxylic acids is 2. The van der Waals surface area contributed by atoms with E-state index in [2.05, 4.69) is 5.32 Å². The summed E-state index contributed by atoms with van der Waals surface area (Å²) in [5, 5.41) is 11.7. The molecule has 128 valence electrons. The maximum Gasteiger partial charge on any atom is 0.254 e. The van der Waals surface area contributed by atoms with Gasteiger partial charge in [0.1, 0.15) is 0 Å². The topological polar surface area (TPSA) is 73.2 Å². The number of hydrogen-bond acceptors (Lipinski definition) is 3. The van der Waals surface area contributed by atoms with Gasteiger partial charge in [0.25, 0.3) is 5.91 Å². The first-order valence-electron chi connectivity index (χ1n) is 7.95. The Morgan fingerprint density at radius 1 is 1.08 bits per heavy atom. The number of nitrogens with one attached hydrogen (secondary N) is 1. The van der Waals surface area contributed by atoms with Gasteiger partial charge in [-0.1, -0.05) is 17.7 Å². The summed E-state index contributed by atoms with van der Waals surface area (Å²) in [6.45, 7) is 5.85. The minimum absolute atomic E-state index is 0.0500. The quantitative estimate of drug-likeness (QED) is 0.932. The van der Waals surface area contributed by atoms with Crippen LogP contribution in [0.15, 0.2) is 36.4 Å². The third kappa shape index (κ3) is 4.45. The van der Waals surface area contributed by atoms with E-state index in [4.69, 9.17) is 5.26 Å². The van der Waals surface area contributed by atoms with Crippen molar-refractivity contribution in [2.45, 2.75) is 20.8 Å². The van der Waals surface area contributed by atoms with Gasteiger partial charge in [0.15, 0.2) is 0 Å². The van der Waals surface area contributed by atoms with Crippen LogP contribution in [0.1, 0.15) is 32.6 Å². The van der Waals surface area contributed by atoms with Gasteiger partial charge in [-0.05, 0) is 56.2 Å². The maximum absolute atomic E-state index is 12.4. The zero-order valence-corrected chi connectivity index (χ0v) is 14.9. The number of nitriles is 1. The van der Waals surface area contributed by atoms with Crippen molar-refractivity contribution in [2.24, 2.45) is 0 Å². The van der Waals surface area contributed by atoms with Crippen LogP contribution >= 0.6 is 0 Å². The molecule has 0 aliphatic heterocycles. The van der Waals surface area contributed by atoms with Gasteiger partial charge >= 0.3 is 0 Å². The van der Waals surface area contributed by atoms with Crippen molar-refractivity contribution < 1.29 is 9.59 Å². The van der Waals surface area contributed by atoms with Crippen LogP contribution in [0.3, 0.4) is 0 Å². The molecular formula is C20H21N3O2. The monoisotopic (exact) mass is 335 g/mol. The number of anilines is 1. The lowest BCUT2D eigenvalue weighted by Gasteiger charge is -2.18. The molecule has 0 saturated carbocycles. The molecule has 2 aromatic rings. The zero-order valence-electron chi connectivity index (χ0n) is 14.9. The molecule has 0 heterocycles. The second-order valence-electron chi connectivity index (χ2n) is 6.17. The average molecular weight is 335 g/mol. The standard InChI is InChI=1S/C20H21N3O2/c1-13-9-14(2)19(15(3)10-13)22-18(24)12-23(4)20(25)17-7-5-16(11-21)6-8-17/h5-10H,12H2,1-4H3,(H,22,24). The van der Waals surface area contributed by atoms with Crippen molar-refractivity contribution in [2.75, 3.05) is 18.9 Å². The number of benzene rings is 2. The van der Waals surface area contributed by atoms with E-state index in [1.54, 1.807) is 31.3 Å². The van der Waals surface area contributed by atoms with E-state index in [0.717, 1.165) is 22.4 Å². The highest BCUT2D eigenvalue weighted by molar-refractivity contribution is 5.99. The Bertz CT molecular complexity index is 825. The van der Waals surface area contributed by atoms with Crippen LogP contribution in [0.4, 0.5) is 5.69 Å². The number of carbonyl (C=O) groups is 2. The molecule has 0 unspecified atom stereocenters. The summed E-state index contributed by atoms with van der Waals surface area (Å²) in [5.74, 6) is -0.517. The predicted octanol–water partition coefficient (Wildman–Crippen LogP) is 3.19. The molecule has 25 heavy (non-hydrogen) atoms. The van der Waals surface area contributed by atoms with Gasteiger partial charge in [-0.3, -0.25) is 9.59 Å². The lowest BCUT2D eigenvalue weighted by atomic mass is 10.1. The molecule has 0 spiro atoms. The zero-order chi connectivity index (χ0) is 18.6. The minimum Gasteiger partial charge on any atom is -0.332 e. The van der Waals surface area contributed by atoms with Gasteiger partial charge in [0.2, 0.25) is 5.91 Å². The van der Waals surface area contributed by atoms with Gasteiger partial charge in [-0.25, -0.2) is 0 Å². The first kappa shape index (κ1) is 18.2. The Labute approximate surface area is 147 Å². The number of rotatable bonds is 4. The van der Waals surface area contributed by atoms with Crippen molar-refractivity contribution in [3.63, 3.8) is 0 Å². The van der Waals surface area contributed by atoms with Crippen molar-refractivity contribution in [3.05, 3.63) is 64.2 Å². The molecule has 0 bridgehead atoms. The molecule has 0 aromatic heterocycles. The smallest absolute Gasteiger partial charge is 0.254 e. The highest BCUT2D eigenvalue weighted by atomic mass is 16.2. The van der Waals surface area contributed by atoms with Crippen molar-refractivity contribution in [3.8, 4) is 6.07 Å². The highest BCUT2D eigenvalue weighted by Crippen LogP contribution is 2.21. The summed E-state index contributed by atoms with van der Waals surface area (Å²) in [6, 6.07) is 12.4. The van der Waals surface area contributed by atoms with Crippen LogP contribution in [0.2, 0.25) is 0 Å². The second-order valence-corrected chi connectivity index (χ2v) is 6.17. The third-order valence-electron chi connectivity index (χ3n) is 3.93. The van der Waals surface area contributed by atoms with E-state index < -0.39 is 0 Å². The van der Waals surface area contributed by atoms with E-state index in [9.17, 15) is 9.59 Å². The average Bonchev–Trinajstić information content (AvgIpc) is 2.57. The van der Waals surface area contributed by atoms with Gasteiger partial charge < -0.3 is 10.2 Å². The van der Waals surface area contributed by atoms with Crippen LogP contribution in [0.25, 0.3) is 0 Å². The Balaban J connectivity index is 2.04. The van der Waals surface area contributed by atoms with E-state index in [1.807, 2.05) is 39.0 Å². The van der Waals surface area contributed by atoms with Crippen LogP contribution in [-0.2, 0) is 4.79 Å². The summed E-state index contributed by atoms with van der Waals surface area (Å²) < 4.78 is 0. The fraction of sp³-hybridized carbons (Fsp3) is 0.250. The van der Waals surface area contributed by atoms with E-state index in [0.29, 0.717) is 11.1 Å². The lowest BCUT2D eigenvalue weighted by molar-refractivity contribution is -0.116. The molecule has 0 atom stereocenters. The second kappa shape index (κ2) is 7.63. The maximum atomic E-state index is 12.4. The lowest BCUT2D eigenvalue weighted by Crippen LogP contribution is -2.35. The van der Waals surface area contributed by atoms with E-state index in [-0.39, 0.29) is 18.4 Å². The number of likely N-dealkylation sites (N-methyl/N-ethyl adjacent to an activating group) is 1. The molecule has 1 N–H and O–H groups in total. The SMILES string of the molecule is Cc1cc(C)c(NC(=O)CN(C)C(=O)c2ccc(C#N)cc2)c(C)c1. The van der Waals surface area contributed by atoms with Crippen molar-refractivity contribution in [1.29, 1.82) is 5.26 Å². The first-order chi connectivity index (χ1) is 11.8. The fourth-order valence-electron chi connectivity index (χ4n) is 2.75. The van der Waals surface area contributed by atoms with Crippen LogP contribution in [0.5, 0.6) is 0 Å².